The van der Waals surface area contributed by atoms with Crippen molar-refractivity contribution in [3.8, 4) is 0 Å². The normalized spacial score (nSPS) is 15.1. The van der Waals surface area contributed by atoms with E-state index in [0.717, 1.165) is 11.6 Å². The Morgan fingerprint density at radius 3 is 2.00 bits per heavy atom. The minimum atomic E-state index is -4.59. The molecule has 0 aromatic heterocycles. The minimum Gasteiger partial charge on any atom is -0.325 e. The third kappa shape index (κ3) is 3.82. The van der Waals surface area contributed by atoms with Gasteiger partial charge in [0.1, 0.15) is 5.41 Å². The zero-order valence-corrected chi connectivity index (χ0v) is 14.7. The smallest absolute Gasteiger partial charge is 0.325 e. The Labute approximate surface area is 154 Å². The van der Waals surface area contributed by atoms with Crippen molar-refractivity contribution < 1.29 is 22.8 Å². The predicted molar refractivity (Wildman–Crippen MR) is 96.2 cm³/mol. The molecule has 0 aliphatic heterocycles. The lowest BCUT2D eigenvalue weighted by atomic mass is 10.0. The maximum atomic E-state index is 13.1. The van der Waals surface area contributed by atoms with Gasteiger partial charge in [-0.05, 0) is 43.0 Å². The highest BCUT2D eigenvalue weighted by molar-refractivity contribution is 6.17. The van der Waals surface area contributed by atoms with Gasteiger partial charge in [-0.2, -0.15) is 13.2 Å². The fourth-order valence-corrected chi connectivity index (χ4v) is 2.96. The molecule has 27 heavy (non-hydrogen) atoms. The molecule has 2 aromatic rings. The number of hydrogen-bond donors (Lipinski definition) is 2. The molecule has 0 saturated heterocycles. The molecule has 3 rings (SSSR count). The maximum Gasteiger partial charge on any atom is 0.418 e. The van der Waals surface area contributed by atoms with E-state index in [2.05, 4.69) is 10.6 Å². The number of anilines is 2. The van der Waals surface area contributed by atoms with E-state index in [1.165, 1.54) is 18.2 Å². The Bertz CT molecular complexity index is 874. The number of hydrogen-bond acceptors (Lipinski definition) is 2. The highest BCUT2D eigenvalue weighted by Crippen LogP contribution is 2.48. The van der Waals surface area contributed by atoms with Crippen LogP contribution in [0.4, 0.5) is 24.5 Å². The molecule has 0 spiro atoms. The Kier molecular flexibility index (Phi) is 4.95. The van der Waals surface area contributed by atoms with Gasteiger partial charge in [-0.1, -0.05) is 37.3 Å². The Hall–Kier alpha value is -2.83. The zero-order chi connectivity index (χ0) is 19.7. The molecule has 2 N–H and O–H groups in total. The van der Waals surface area contributed by atoms with E-state index in [1.54, 1.807) is 12.1 Å². The number of aryl methyl sites for hydroxylation is 1. The van der Waals surface area contributed by atoms with Crippen LogP contribution in [0.2, 0.25) is 0 Å². The van der Waals surface area contributed by atoms with Gasteiger partial charge in [-0.15, -0.1) is 0 Å². The number of carbonyl (C=O) groups excluding carboxylic acids is 2. The molecule has 142 valence electrons. The van der Waals surface area contributed by atoms with Gasteiger partial charge in [0, 0.05) is 5.69 Å². The Balaban J connectivity index is 1.78. The van der Waals surface area contributed by atoms with Gasteiger partial charge in [-0.3, -0.25) is 9.59 Å². The van der Waals surface area contributed by atoms with Gasteiger partial charge in [0.2, 0.25) is 11.8 Å². The molecule has 1 fully saturated rings. The molecule has 0 bridgehead atoms. The number of nitrogens with one attached hydrogen (secondary N) is 2. The molecule has 7 heteroatoms. The second-order valence-electron chi connectivity index (χ2n) is 6.54. The van der Waals surface area contributed by atoms with Crippen LogP contribution >= 0.6 is 0 Å². The van der Waals surface area contributed by atoms with E-state index >= 15 is 0 Å². The molecule has 1 aliphatic carbocycles. The monoisotopic (exact) mass is 376 g/mol. The van der Waals surface area contributed by atoms with Crippen LogP contribution in [0.1, 0.15) is 30.9 Å². The quantitative estimate of drug-likeness (QED) is 0.748. The van der Waals surface area contributed by atoms with Crippen LogP contribution in [0.25, 0.3) is 0 Å². The molecule has 1 aliphatic rings. The standard InChI is InChI=1S/C20H19F3N2O2/c1-2-13-7-3-5-9-15(13)24-17(26)19(11-12-19)18(27)25-16-10-6-4-8-14(16)20(21,22)23/h3-10H,2,11-12H2,1H3,(H,24,26)(H,25,27). The van der Waals surface area contributed by atoms with Crippen LogP contribution in [0.5, 0.6) is 0 Å². The largest absolute Gasteiger partial charge is 0.418 e. The molecule has 0 heterocycles. The van der Waals surface area contributed by atoms with E-state index < -0.39 is 29.0 Å². The lowest BCUT2D eigenvalue weighted by Crippen LogP contribution is -2.36. The molecular weight excluding hydrogens is 357 g/mol. The summed E-state index contributed by atoms with van der Waals surface area (Å²) in [7, 11) is 0. The van der Waals surface area contributed by atoms with Crippen molar-refractivity contribution in [2.75, 3.05) is 10.6 Å². The summed E-state index contributed by atoms with van der Waals surface area (Å²) in [6.45, 7) is 1.94. The average molecular weight is 376 g/mol. The van der Waals surface area contributed by atoms with Crippen molar-refractivity contribution in [2.45, 2.75) is 32.4 Å². The first-order valence-electron chi connectivity index (χ1n) is 8.65. The van der Waals surface area contributed by atoms with Crippen LogP contribution in [0.3, 0.4) is 0 Å². The van der Waals surface area contributed by atoms with Gasteiger partial charge in [0.15, 0.2) is 0 Å². The molecule has 0 unspecified atom stereocenters. The lowest BCUT2D eigenvalue weighted by molar-refractivity contribution is -0.137. The van der Waals surface area contributed by atoms with Crippen molar-refractivity contribution in [1.29, 1.82) is 0 Å². The number of para-hydroxylation sites is 2. The SMILES string of the molecule is CCc1ccccc1NC(=O)C1(C(=O)Nc2ccccc2C(F)(F)F)CC1. The molecule has 4 nitrogen and oxygen atoms in total. The molecule has 2 amide bonds. The fourth-order valence-electron chi connectivity index (χ4n) is 2.96. The number of alkyl halides is 3. The lowest BCUT2D eigenvalue weighted by Gasteiger charge is -2.19. The predicted octanol–water partition coefficient (Wildman–Crippen LogP) is 4.63. The number of benzene rings is 2. The zero-order valence-electron chi connectivity index (χ0n) is 14.7. The second-order valence-corrected chi connectivity index (χ2v) is 6.54. The summed E-state index contributed by atoms with van der Waals surface area (Å²) in [5.74, 6) is -1.21. The van der Waals surface area contributed by atoms with Crippen molar-refractivity contribution >= 4 is 23.2 Å². The maximum absolute atomic E-state index is 13.1. The van der Waals surface area contributed by atoms with E-state index in [4.69, 9.17) is 0 Å². The number of rotatable bonds is 5. The highest BCUT2D eigenvalue weighted by atomic mass is 19.4. The van der Waals surface area contributed by atoms with Gasteiger partial charge < -0.3 is 10.6 Å². The average Bonchev–Trinajstić information content (AvgIpc) is 3.44. The van der Waals surface area contributed by atoms with Crippen molar-refractivity contribution in [3.63, 3.8) is 0 Å². The van der Waals surface area contributed by atoms with Gasteiger partial charge in [0.05, 0.1) is 11.3 Å². The van der Waals surface area contributed by atoms with E-state index in [1.807, 2.05) is 19.1 Å². The van der Waals surface area contributed by atoms with Crippen LogP contribution in [-0.4, -0.2) is 11.8 Å². The van der Waals surface area contributed by atoms with E-state index in [0.29, 0.717) is 24.9 Å². The Morgan fingerprint density at radius 1 is 0.926 bits per heavy atom. The summed E-state index contributed by atoms with van der Waals surface area (Å²) in [4.78, 5) is 25.3. The van der Waals surface area contributed by atoms with Crippen LogP contribution in [0.15, 0.2) is 48.5 Å². The molecule has 0 radical (unpaired) electrons. The van der Waals surface area contributed by atoms with Crippen LogP contribution in [0, 0.1) is 5.41 Å². The van der Waals surface area contributed by atoms with Gasteiger partial charge in [0.25, 0.3) is 0 Å². The van der Waals surface area contributed by atoms with Gasteiger partial charge in [-0.25, -0.2) is 0 Å². The molecule has 1 saturated carbocycles. The van der Waals surface area contributed by atoms with Gasteiger partial charge >= 0.3 is 6.18 Å². The van der Waals surface area contributed by atoms with E-state index in [-0.39, 0.29) is 5.69 Å². The summed E-state index contributed by atoms with van der Waals surface area (Å²) in [6.07, 6.45) is -3.29. The van der Waals surface area contributed by atoms with E-state index in [9.17, 15) is 22.8 Å². The Morgan fingerprint density at radius 2 is 1.44 bits per heavy atom. The molecular formula is C20H19F3N2O2. The summed E-state index contributed by atoms with van der Waals surface area (Å²) in [6, 6.07) is 12.0. The first-order chi connectivity index (χ1) is 12.8. The first kappa shape index (κ1) is 18.9. The summed E-state index contributed by atoms with van der Waals surface area (Å²) >= 11 is 0. The minimum absolute atomic E-state index is 0.299. The van der Waals surface area contributed by atoms with Crippen LogP contribution in [-0.2, 0) is 22.2 Å². The molecule has 0 atom stereocenters. The third-order valence-corrected chi connectivity index (χ3v) is 4.75. The van der Waals surface area contributed by atoms with Crippen molar-refractivity contribution in [3.05, 3.63) is 59.7 Å². The topological polar surface area (TPSA) is 58.2 Å². The van der Waals surface area contributed by atoms with Crippen LogP contribution < -0.4 is 10.6 Å². The summed E-state index contributed by atoms with van der Waals surface area (Å²) in [5, 5.41) is 5.05. The fraction of sp³-hybridized carbons (Fsp3) is 0.300. The third-order valence-electron chi connectivity index (χ3n) is 4.75. The summed E-state index contributed by atoms with van der Waals surface area (Å²) < 4.78 is 39.3. The number of carbonyl (C=O) groups is 2. The van der Waals surface area contributed by atoms with Crippen molar-refractivity contribution in [1.82, 2.24) is 0 Å². The van der Waals surface area contributed by atoms with Crippen molar-refractivity contribution in [2.24, 2.45) is 5.41 Å². The highest BCUT2D eigenvalue weighted by Gasteiger charge is 2.57. The molecule has 2 aromatic carbocycles. The number of amides is 2. The number of halogens is 3. The second kappa shape index (κ2) is 7.06. The summed E-state index contributed by atoms with van der Waals surface area (Å²) in [5.41, 5.74) is -1.09. The first-order valence-corrected chi connectivity index (χ1v) is 8.65.